The Kier molecular flexibility index (Phi) is 33.2. The van der Waals surface area contributed by atoms with E-state index >= 15 is 0 Å². The Labute approximate surface area is 513 Å². The molecule has 1 unspecified atom stereocenters. The number of fused-ring (bicyclic) bond motifs is 2. The second kappa shape index (κ2) is 39.3. The SMILES string of the molecule is CCC(C)c1ccc(C)cc1.CCCCc1ccc(C)cc1.CCCc1ccc(C)cc1.Cc1cc(C)c(C)c(C)c1.Cc1cc(C)cc(C)c1.Cc1ccc(CC(C)C)cc1.Cc1ccc2ccccc2c1.Cc1cccc2ccccc12. The van der Waals surface area contributed by atoms with Crippen molar-refractivity contribution in [3.8, 4) is 0 Å². The molecular weight excluding hydrogens is 1010 g/mol. The molecule has 84 heavy (non-hydrogen) atoms. The van der Waals surface area contributed by atoms with Gasteiger partial charge < -0.3 is 0 Å². The molecule has 10 aromatic rings. The van der Waals surface area contributed by atoms with Crippen LogP contribution in [-0.4, -0.2) is 0 Å². The fraction of sp³-hybridized carbons (Fsp3) is 0.333. The van der Waals surface area contributed by atoms with Gasteiger partial charge in [-0.15, -0.1) is 0 Å². The van der Waals surface area contributed by atoms with Crippen LogP contribution in [0.5, 0.6) is 0 Å². The van der Waals surface area contributed by atoms with Crippen LogP contribution >= 0.6 is 0 Å². The minimum atomic E-state index is 0.704. The van der Waals surface area contributed by atoms with Gasteiger partial charge in [-0.25, -0.2) is 0 Å². The Morgan fingerprint density at radius 3 is 1.15 bits per heavy atom. The maximum absolute atomic E-state index is 2.27. The van der Waals surface area contributed by atoms with Crippen LogP contribution in [0.15, 0.2) is 212 Å². The largest absolute Gasteiger partial charge is 0.0654 e. The van der Waals surface area contributed by atoms with Gasteiger partial charge in [-0.1, -0.05) is 317 Å². The average Bonchev–Trinajstić information content (AvgIpc) is 3.54. The first-order valence-corrected chi connectivity index (χ1v) is 31.3. The third-order valence-electron chi connectivity index (χ3n) is 15.0. The van der Waals surface area contributed by atoms with Crippen molar-refractivity contribution < 1.29 is 0 Å². The fourth-order valence-electron chi connectivity index (χ4n) is 9.66. The first kappa shape index (κ1) is 71.0. The van der Waals surface area contributed by atoms with Crippen LogP contribution in [0.4, 0.5) is 0 Å². The van der Waals surface area contributed by atoms with E-state index in [1.165, 1.54) is 161 Å². The van der Waals surface area contributed by atoms with Crippen molar-refractivity contribution >= 4 is 21.5 Å². The molecule has 0 saturated heterocycles. The topological polar surface area (TPSA) is 0 Å². The lowest BCUT2D eigenvalue weighted by molar-refractivity contribution is 0.647. The van der Waals surface area contributed by atoms with Crippen LogP contribution in [0.3, 0.4) is 0 Å². The maximum atomic E-state index is 2.27. The van der Waals surface area contributed by atoms with Crippen LogP contribution in [0.25, 0.3) is 21.5 Å². The predicted molar refractivity (Wildman–Crippen MR) is 378 cm³/mol. The molecule has 0 aliphatic rings. The van der Waals surface area contributed by atoms with Gasteiger partial charge >= 0.3 is 0 Å². The molecule has 0 aliphatic carbocycles. The second-order valence-corrected chi connectivity index (χ2v) is 24.0. The van der Waals surface area contributed by atoms with Gasteiger partial charge in [0.1, 0.15) is 0 Å². The first-order chi connectivity index (χ1) is 40.1. The van der Waals surface area contributed by atoms with E-state index in [-0.39, 0.29) is 0 Å². The quantitative estimate of drug-likeness (QED) is 0.135. The van der Waals surface area contributed by atoms with Crippen molar-refractivity contribution in [1.29, 1.82) is 0 Å². The summed E-state index contributed by atoms with van der Waals surface area (Å²) in [5, 5.41) is 5.33. The van der Waals surface area contributed by atoms with Crippen molar-refractivity contribution in [3.05, 3.63) is 307 Å². The summed E-state index contributed by atoms with van der Waals surface area (Å²) in [6.45, 7) is 41.2. The van der Waals surface area contributed by atoms with Crippen LogP contribution < -0.4 is 0 Å². The number of hydrogen-bond acceptors (Lipinski definition) is 0. The molecule has 0 aromatic heterocycles. The van der Waals surface area contributed by atoms with Gasteiger partial charge in [0.15, 0.2) is 0 Å². The lowest BCUT2D eigenvalue weighted by Crippen LogP contribution is -1.93. The number of hydrogen-bond donors (Lipinski definition) is 0. The summed E-state index contributed by atoms with van der Waals surface area (Å²) in [7, 11) is 0. The minimum Gasteiger partial charge on any atom is -0.0654 e. The summed E-state index contributed by atoms with van der Waals surface area (Å²) in [5.74, 6) is 1.47. The Hall–Kier alpha value is -7.28. The molecule has 0 bridgehead atoms. The van der Waals surface area contributed by atoms with Gasteiger partial charge in [0.25, 0.3) is 0 Å². The summed E-state index contributed by atoms with van der Waals surface area (Å²) in [6.07, 6.45) is 8.69. The summed E-state index contributed by atoms with van der Waals surface area (Å²) in [6, 6.07) is 75.9. The Balaban J connectivity index is 0.000000252. The fourth-order valence-corrected chi connectivity index (χ4v) is 9.66. The van der Waals surface area contributed by atoms with Gasteiger partial charge in [0, 0.05) is 0 Å². The summed E-state index contributed by atoms with van der Waals surface area (Å²) in [4.78, 5) is 0. The van der Waals surface area contributed by atoms with Crippen molar-refractivity contribution in [2.24, 2.45) is 5.92 Å². The monoisotopic (exact) mass is 1120 g/mol. The molecular formula is C84H108. The number of rotatable bonds is 9. The number of benzene rings is 10. The van der Waals surface area contributed by atoms with Crippen LogP contribution in [0.1, 0.15) is 168 Å². The highest BCUT2D eigenvalue weighted by molar-refractivity contribution is 5.85. The molecule has 0 fully saturated rings. The Bertz CT molecular complexity index is 3280. The van der Waals surface area contributed by atoms with Crippen molar-refractivity contribution in [3.63, 3.8) is 0 Å². The van der Waals surface area contributed by atoms with Crippen LogP contribution in [0.2, 0.25) is 0 Å². The van der Waals surface area contributed by atoms with E-state index in [1.807, 2.05) is 0 Å². The van der Waals surface area contributed by atoms with E-state index in [0.29, 0.717) is 5.92 Å². The van der Waals surface area contributed by atoms with E-state index in [1.54, 1.807) is 0 Å². The van der Waals surface area contributed by atoms with Crippen molar-refractivity contribution in [2.45, 2.75) is 182 Å². The highest BCUT2D eigenvalue weighted by Crippen LogP contribution is 2.20. The van der Waals surface area contributed by atoms with E-state index in [2.05, 4.69) is 344 Å². The minimum absolute atomic E-state index is 0.704. The molecule has 0 heterocycles. The van der Waals surface area contributed by atoms with E-state index in [9.17, 15) is 0 Å². The molecule has 0 radical (unpaired) electrons. The second-order valence-electron chi connectivity index (χ2n) is 24.0. The molecule has 444 valence electrons. The molecule has 0 N–H and O–H groups in total. The summed E-state index contributed by atoms with van der Waals surface area (Å²) < 4.78 is 0. The summed E-state index contributed by atoms with van der Waals surface area (Å²) >= 11 is 0. The number of aryl methyl sites for hydroxylation is 14. The molecule has 0 amide bonds. The molecule has 0 heteroatoms. The lowest BCUT2D eigenvalue weighted by atomic mass is 9.98. The smallest absolute Gasteiger partial charge is 0.0155 e. The Morgan fingerprint density at radius 1 is 0.298 bits per heavy atom. The van der Waals surface area contributed by atoms with E-state index < -0.39 is 0 Å². The number of unbranched alkanes of at least 4 members (excludes halogenated alkanes) is 1. The van der Waals surface area contributed by atoms with E-state index in [0.717, 1.165) is 5.92 Å². The molecule has 0 nitrogen and oxygen atoms in total. The van der Waals surface area contributed by atoms with Crippen LogP contribution in [-0.2, 0) is 19.3 Å². The molecule has 10 aromatic carbocycles. The molecule has 10 rings (SSSR count). The van der Waals surface area contributed by atoms with Crippen LogP contribution in [0, 0.1) is 95.9 Å². The molecule has 0 spiro atoms. The average molecular weight is 1120 g/mol. The zero-order valence-electron chi connectivity index (χ0n) is 55.8. The molecule has 0 saturated carbocycles. The summed E-state index contributed by atoms with van der Waals surface area (Å²) in [5.41, 5.74) is 23.5. The van der Waals surface area contributed by atoms with E-state index in [4.69, 9.17) is 0 Å². The van der Waals surface area contributed by atoms with Gasteiger partial charge in [0.05, 0.1) is 0 Å². The first-order valence-electron chi connectivity index (χ1n) is 31.3. The van der Waals surface area contributed by atoms with Crippen molar-refractivity contribution in [2.75, 3.05) is 0 Å². The van der Waals surface area contributed by atoms with Gasteiger partial charge in [-0.2, -0.15) is 0 Å². The van der Waals surface area contributed by atoms with Gasteiger partial charge in [-0.3, -0.25) is 0 Å². The van der Waals surface area contributed by atoms with Gasteiger partial charge in [0.2, 0.25) is 0 Å². The van der Waals surface area contributed by atoms with Gasteiger partial charge in [-0.05, 0) is 200 Å². The normalized spacial score (nSPS) is 10.5. The molecule has 1 atom stereocenters. The zero-order valence-corrected chi connectivity index (χ0v) is 55.8. The lowest BCUT2D eigenvalue weighted by Gasteiger charge is -2.07. The highest BCUT2D eigenvalue weighted by atomic mass is 14.1. The van der Waals surface area contributed by atoms with Crippen molar-refractivity contribution in [1.82, 2.24) is 0 Å². The highest BCUT2D eigenvalue weighted by Gasteiger charge is 2.01. The third kappa shape index (κ3) is 28.8. The zero-order chi connectivity index (χ0) is 62.0. The predicted octanol–water partition coefficient (Wildman–Crippen LogP) is 24.8. The Morgan fingerprint density at radius 2 is 0.702 bits per heavy atom. The molecule has 0 aliphatic heterocycles. The maximum Gasteiger partial charge on any atom is -0.0155 e. The third-order valence-corrected chi connectivity index (χ3v) is 15.0. The standard InChI is InChI=1S/2C11H10.3C11H16.2C10H14.C9H12/c1-9-5-4-7-10-6-2-3-8-11(9)10;1-9-6-7-10-4-2-3-5-11(10)8-9;1-9(2)8-11-6-4-10(3)5-7-11;1-4-10(3)11-7-5-9(2)6-8-11;1-3-4-5-11-8-6-10(2)7-9-11;1-7-5-8(2)10(4)9(3)6-7;1-3-4-10-7-5-9(2)6-8-10;1-7-4-8(2)6-9(3)5-7/h2*2-8H,1H3;4-7,9H,8H2,1-3H3;5-8,10H,4H2,1-3H3;6-9H,3-5H2,1-2H3;5-6H,1-4H3;5-8H,3-4H2,1-2H3;4-6H,1-3H3.